The number of allylic oxidation sites excluding steroid dienone is 4. The highest BCUT2D eigenvalue weighted by Crippen LogP contribution is 2.27. The molecule has 0 saturated heterocycles. The van der Waals surface area contributed by atoms with E-state index in [4.69, 9.17) is 0 Å². The first-order valence-corrected chi connectivity index (χ1v) is 4.50. The van der Waals surface area contributed by atoms with Crippen molar-refractivity contribution in [2.24, 2.45) is 11.8 Å². The summed E-state index contributed by atoms with van der Waals surface area (Å²) in [7, 11) is 0. The van der Waals surface area contributed by atoms with Crippen molar-refractivity contribution >= 4 is 0 Å². The van der Waals surface area contributed by atoms with Gasteiger partial charge in [0.2, 0.25) is 0 Å². The number of hydrogen-bond acceptors (Lipinski definition) is 0. The lowest BCUT2D eigenvalue weighted by Crippen LogP contribution is -2.04. The molecule has 0 N–H and O–H groups in total. The second-order valence-corrected chi connectivity index (χ2v) is 3.88. The smallest absolute Gasteiger partial charge is 0.0219 e. The zero-order valence-electron chi connectivity index (χ0n) is 8.02. The van der Waals surface area contributed by atoms with E-state index in [1.807, 2.05) is 0 Å². The van der Waals surface area contributed by atoms with E-state index in [0.29, 0.717) is 5.92 Å². The molecule has 0 aliphatic heterocycles. The van der Waals surface area contributed by atoms with Crippen LogP contribution in [0.3, 0.4) is 0 Å². The monoisotopic (exact) mass is 150 g/mol. The van der Waals surface area contributed by atoms with E-state index < -0.39 is 0 Å². The van der Waals surface area contributed by atoms with Crippen LogP contribution >= 0.6 is 0 Å². The van der Waals surface area contributed by atoms with Gasteiger partial charge in [-0.2, -0.15) is 0 Å². The Labute approximate surface area is 70.0 Å². The molecular weight excluding hydrogens is 132 g/mol. The predicted molar refractivity (Wildman–Crippen MR) is 50.5 cm³/mol. The van der Waals surface area contributed by atoms with Gasteiger partial charge in [0.1, 0.15) is 0 Å². The minimum atomic E-state index is 0.689. The van der Waals surface area contributed by atoms with Gasteiger partial charge in [0.05, 0.1) is 0 Å². The van der Waals surface area contributed by atoms with Crippen molar-refractivity contribution in [3.05, 3.63) is 23.3 Å². The highest BCUT2D eigenvalue weighted by molar-refractivity contribution is 5.33. The molecule has 0 fully saturated rings. The third-order valence-electron chi connectivity index (χ3n) is 2.34. The highest BCUT2D eigenvalue weighted by atomic mass is 14.2. The molecule has 1 atom stereocenters. The zero-order chi connectivity index (χ0) is 8.43. The summed E-state index contributed by atoms with van der Waals surface area (Å²) in [6.45, 7) is 9.03. The molecule has 0 amide bonds. The molecule has 11 heavy (non-hydrogen) atoms. The third-order valence-corrected chi connectivity index (χ3v) is 2.34. The first-order valence-electron chi connectivity index (χ1n) is 4.50. The Morgan fingerprint density at radius 1 is 1.45 bits per heavy atom. The van der Waals surface area contributed by atoms with Crippen molar-refractivity contribution in [1.82, 2.24) is 0 Å². The van der Waals surface area contributed by atoms with Crippen LogP contribution in [0.2, 0.25) is 0 Å². The lowest BCUT2D eigenvalue weighted by Gasteiger charge is -2.19. The van der Waals surface area contributed by atoms with E-state index in [-0.39, 0.29) is 0 Å². The average molecular weight is 150 g/mol. The van der Waals surface area contributed by atoms with Crippen LogP contribution in [0.5, 0.6) is 0 Å². The molecule has 62 valence electrons. The normalized spacial score (nSPS) is 25.0. The van der Waals surface area contributed by atoms with Crippen molar-refractivity contribution in [3.63, 3.8) is 0 Å². The van der Waals surface area contributed by atoms with Gasteiger partial charge in [-0.25, -0.2) is 0 Å². The third kappa shape index (κ3) is 1.95. The Morgan fingerprint density at radius 2 is 2.09 bits per heavy atom. The highest BCUT2D eigenvalue weighted by Gasteiger charge is 2.11. The van der Waals surface area contributed by atoms with Crippen LogP contribution in [0, 0.1) is 11.8 Å². The van der Waals surface area contributed by atoms with Crippen LogP contribution < -0.4 is 0 Å². The summed E-state index contributed by atoms with van der Waals surface area (Å²) >= 11 is 0. The fourth-order valence-electron chi connectivity index (χ4n) is 1.63. The lowest BCUT2D eigenvalue weighted by atomic mass is 9.86. The van der Waals surface area contributed by atoms with Crippen LogP contribution in [0.1, 0.15) is 34.1 Å². The molecule has 0 nitrogen and oxygen atoms in total. The molecule has 0 aromatic carbocycles. The Kier molecular flexibility index (Phi) is 2.53. The molecule has 0 aromatic rings. The lowest BCUT2D eigenvalue weighted by molar-refractivity contribution is 0.677. The van der Waals surface area contributed by atoms with Gasteiger partial charge in [0.15, 0.2) is 0 Å². The van der Waals surface area contributed by atoms with Crippen molar-refractivity contribution < 1.29 is 0 Å². The van der Waals surface area contributed by atoms with Gasteiger partial charge in [0.25, 0.3) is 0 Å². The van der Waals surface area contributed by atoms with Gasteiger partial charge in [0, 0.05) is 0 Å². The van der Waals surface area contributed by atoms with Gasteiger partial charge in [-0.1, -0.05) is 38.5 Å². The van der Waals surface area contributed by atoms with Crippen LogP contribution in [0.25, 0.3) is 0 Å². The molecule has 0 heterocycles. The molecule has 0 aromatic heterocycles. The topological polar surface area (TPSA) is 0 Å². The summed E-state index contributed by atoms with van der Waals surface area (Å²) < 4.78 is 0. The standard InChI is InChI=1S/C11H18/c1-8(2)11-7-9(3)5-6-10(11)4/h6-9H,5H2,1-4H3/t9-/m1/s1. The van der Waals surface area contributed by atoms with Gasteiger partial charge in [-0.15, -0.1) is 0 Å². The van der Waals surface area contributed by atoms with E-state index in [1.165, 1.54) is 12.0 Å². The van der Waals surface area contributed by atoms with Crippen molar-refractivity contribution in [2.75, 3.05) is 0 Å². The quantitative estimate of drug-likeness (QED) is 0.536. The molecule has 0 unspecified atom stereocenters. The van der Waals surface area contributed by atoms with E-state index >= 15 is 0 Å². The summed E-state index contributed by atoms with van der Waals surface area (Å²) in [6, 6.07) is 0. The van der Waals surface area contributed by atoms with Gasteiger partial charge < -0.3 is 0 Å². The summed E-state index contributed by atoms with van der Waals surface area (Å²) in [4.78, 5) is 0. The maximum absolute atomic E-state index is 2.42. The molecule has 0 spiro atoms. The summed E-state index contributed by atoms with van der Waals surface area (Å²) in [6.07, 6.45) is 6.00. The molecule has 0 radical (unpaired) electrons. The van der Waals surface area contributed by atoms with Crippen molar-refractivity contribution in [1.29, 1.82) is 0 Å². The van der Waals surface area contributed by atoms with E-state index in [1.54, 1.807) is 5.57 Å². The van der Waals surface area contributed by atoms with E-state index in [9.17, 15) is 0 Å². The first-order chi connectivity index (χ1) is 5.11. The Morgan fingerprint density at radius 3 is 2.55 bits per heavy atom. The molecule has 1 aliphatic carbocycles. The first kappa shape index (κ1) is 8.58. The fourth-order valence-corrected chi connectivity index (χ4v) is 1.63. The molecule has 0 saturated carbocycles. The van der Waals surface area contributed by atoms with Crippen LogP contribution in [-0.2, 0) is 0 Å². The zero-order valence-corrected chi connectivity index (χ0v) is 8.02. The van der Waals surface area contributed by atoms with Gasteiger partial charge >= 0.3 is 0 Å². The summed E-state index contributed by atoms with van der Waals surface area (Å²) in [5.41, 5.74) is 3.03. The number of hydrogen-bond donors (Lipinski definition) is 0. The second-order valence-electron chi connectivity index (χ2n) is 3.88. The minimum absolute atomic E-state index is 0.689. The average Bonchev–Trinajstić information content (AvgIpc) is 1.94. The minimum Gasteiger partial charge on any atom is -0.0807 e. The van der Waals surface area contributed by atoms with Crippen LogP contribution in [0.15, 0.2) is 23.3 Å². The van der Waals surface area contributed by atoms with E-state index in [2.05, 4.69) is 39.8 Å². The second kappa shape index (κ2) is 3.25. The van der Waals surface area contributed by atoms with Gasteiger partial charge in [-0.3, -0.25) is 0 Å². The largest absolute Gasteiger partial charge is 0.0807 e. The van der Waals surface area contributed by atoms with Crippen molar-refractivity contribution in [2.45, 2.75) is 34.1 Å². The maximum atomic E-state index is 2.42. The predicted octanol–water partition coefficient (Wildman–Crippen LogP) is 3.55. The summed E-state index contributed by atoms with van der Waals surface area (Å²) in [5.74, 6) is 1.44. The summed E-state index contributed by atoms with van der Waals surface area (Å²) in [5, 5.41) is 0. The van der Waals surface area contributed by atoms with E-state index in [0.717, 1.165) is 5.92 Å². The Hall–Kier alpha value is -0.520. The Bertz CT molecular complexity index is 194. The molecular formula is C11H18. The molecule has 1 aliphatic rings. The molecule has 1 rings (SSSR count). The fraction of sp³-hybridized carbons (Fsp3) is 0.636. The molecule has 0 bridgehead atoms. The van der Waals surface area contributed by atoms with Crippen LogP contribution in [-0.4, -0.2) is 0 Å². The maximum Gasteiger partial charge on any atom is -0.0219 e. The SMILES string of the molecule is CC1=CC[C@@H](C)C=C1C(C)C. The van der Waals surface area contributed by atoms with Crippen molar-refractivity contribution in [3.8, 4) is 0 Å². The number of rotatable bonds is 1. The van der Waals surface area contributed by atoms with Gasteiger partial charge in [-0.05, 0) is 30.8 Å². The molecule has 0 heteroatoms. The Balaban J connectivity index is 2.81. The van der Waals surface area contributed by atoms with Crippen LogP contribution in [0.4, 0.5) is 0 Å².